The fourth-order valence-corrected chi connectivity index (χ4v) is 1.34. The van der Waals surface area contributed by atoms with Gasteiger partial charge in [0.25, 0.3) is 0 Å². The number of allylic oxidation sites excluding steroid dienone is 1. The first kappa shape index (κ1) is 15.7. The van der Waals surface area contributed by atoms with E-state index in [-0.39, 0.29) is 5.92 Å². The number of rotatable bonds is 3. The predicted octanol–water partition coefficient (Wildman–Crippen LogP) is 2.92. The van der Waals surface area contributed by atoms with Crippen molar-refractivity contribution in [3.05, 3.63) is 48.0 Å². The fraction of sp³-hybridized carbons (Fsp3) is 0.231. The third kappa shape index (κ3) is 7.60. The van der Waals surface area contributed by atoms with Crippen molar-refractivity contribution in [1.29, 1.82) is 0 Å². The van der Waals surface area contributed by atoms with Gasteiger partial charge in [0, 0.05) is 5.92 Å². The molecule has 4 heteroatoms. The molecule has 0 radical (unpaired) electrons. The zero-order chi connectivity index (χ0) is 13.3. The highest BCUT2D eigenvalue weighted by Crippen LogP contribution is 2.13. The summed E-state index contributed by atoms with van der Waals surface area (Å²) in [5.41, 5.74) is 11.7. The van der Waals surface area contributed by atoms with Crippen molar-refractivity contribution in [2.75, 3.05) is 0 Å². The Morgan fingerprint density at radius 3 is 2.00 bits per heavy atom. The lowest BCUT2D eigenvalue weighted by Gasteiger charge is -2.08. The van der Waals surface area contributed by atoms with Crippen molar-refractivity contribution in [1.82, 2.24) is 0 Å². The number of hydrogen-bond acceptors (Lipinski definition) is 2. The van der Waals surface area contributed by atoms with Crippen LogP contribution in [0.15, 0.2) is 42.5 Å². The van der Waals surface area contributed by atoms with Gasteiger partial charge in [-0.05, 0) is 18.6 Å². The van der Waals surface area contributed by atoms with Crippen molar-refractivity contribution in [2.24, 2.45) is 11.5 Å². The minimum Gasteiger partial charge on any atom is -0.393 e. The summed E-state index contributed by atoms with van der Waals surface area (Å²) in [6.45, 7) is 3.89. The van der Waals surface area contributed by atoms with Crippen molar-refractivity contribution in [3.8, 4) is 0 Å². The van der Waals surface area contributed by atoms with Crippen LogP contribution in [0.1, 0.15) is 25.3 Å². The first-order chi connectivity index (χ1) is 7.99. The Morgan fingerprint density at radius 2 is 1.71 bits per heavy atom. The van der Waals surface area contributed by atoms with Crippen LogP contribution in [0, 0.1) is 0 Å². The average Bonchev–Trinajstić information content (AvgIpc) is 2.29. The molecule has 0 spiro atoms. The summed E-state index contributed by atoms with van der Waals surface area (Å²) < 4.78 is 0. The molecular weight excluding hydrogens is 248 g/mol. The Morgan fingerprint density at radius 1 is 1.18 bits per heavy atom. The topological polar surface area (TPSA) is 52.0 Å². The van der Waals surface area contributed by atoms with E-state index in [0.29, 0.717) is 9.98 Å². The van der Waals surface area contributed by atoms with Crippen molar-refractivity contribution < 1.29 is 0 Å². The van der Waals surface area contributed by atoms with Gasteiger partial charge in [0.1, 0.15) is 0 Å². The van der Waals surface area contributed by atoms with Gasteiger partial charge in [-0.1, -0.05) is 67.8 Å². The summed E-state index contributed by atoms with van der Waals surface area (Å²) >= 11 is 9.36. The first-order valence-electron chi connectivity index (χ1n) is 5.25. The fourth-order valence-electron chi connectivity index (χ4n) is 1.07. The summed E-state index contributed by atoms with van der Waals surface area (Å²) in [4.78, 5) is 0.994. The third-order valence-corrected chi connectivity index (χ3v) is 2.55. The van der Waals surface area contributed by atoms with Crippen LogP contribution in [-0.4, -0.2) is 9.98 Å². The van der Waals surface area contributed by atoms with Crippen molar-refractivity contribution >= 4 is 34.4 Å². The molecule has 0 aromatic heterocycles. The Bertz CT molecular complexity index is 386. The van der Waals surface area contributed by atoms with Gasteiger partial charge in [-0.15, -0.1) is 0 Å². The molecule has 4 N–H and O–H groups in total. The number of thiocarbonyl (C=S) groups is 2. The van der Waals surface area contributed by atoms with Gasteiger partial charge in [0.15, 0.2) is 0 Å². The lowest BCUT2D eigenvalue weighted by Crippen LogP contribution is -2.16. The highest BCUT2D eigenvalue weighted by atomic mass is 32.1. The van der Waals surface area contributed by atoms with Gasteiger partial charge >= 0.3 is 0 Å². The molecular formula is C13H18N2S2. The molecule has 0 aliphatic carbocycles. The molecule has 0 aliphatic rings. The van der Waals surface area contributed by atoms with Crippen LogP contribution in [0.3, 0.4) is 0 Å². The molecule has 92 valence electrons. The highest BCUT2D eigenvalue weighted by Gasteiger charge is 2.05. The number of hydrogen-bond donors (Lipinski definition) is 2. The maximum Gasteiger partial charge on any atom is 0.0958 e. The van der Waals surface area contributed by atoms with Gasteiger partial charge in [-0.25, -0.2) is 0 Å². The zero-order valence-electron chi connectivity index (χ0n) is 10.1. The summed E-state index contributed by atoms with van der Waals surface area (Å²) in [7, 11) is 0. The summed E-state index contributed by atoms with van der Waals surface area (Å²) in [6, 6.07) is 10.0. The van der Waals surface area contributed by atoms with E-state index in [4.69, 9.17) is 23.7 Å². The van der Waals surface area contributed by atoms with Gasteiger partial charge in [-0.2, -0.15) is 0 Å². The molecule has 0 saturated heterocycles. The molecule has 0 aliphatic heterocycles. The van der Waals surface area contributed by atoms with Gasteiger partial charge in [0.05, 0.1) is 9.98 Å². The molecule has 17 heavy (non-hydrogen) atoms. The van der Waals surface area contributed by atoms with Gasteiger partial charge in [-0.3, -0.25) is 0 Å². The molecule has 1 aromatic rings. The Kier molecular flexibility index (Phi) is 8.19. The van der Waals surface area contributed by atoms with Crippen molar-refractivity contribution in [3.63, 3.8) is 0 Å². The average molecular weight is 266 g/mol. The van der Waals surface area contributed by atoms with E-state index < -0.39 is 0 Å². The highest BCUT2D eigenvalue weighted by molar-refractivity contribution is 7.80. The van der Waals surface area contributed by atoms with E-state index in [1.54, 1.807) is 6.08 Å². The number of benzene rings is 1. The lowest BCUT2D eigenvalue weighted by molar-refractivity contribution is 1.03. The second-order valence-electron chi connectivity index (χ2n) is 3.44. The quantitative estimate of drug-likeness (QED) is 0.652. The molecule has 0 fully saturated rings. The van der Waals surface area contributed by atoms with Crippen LogP contribution in [-0.2, 0) is 0 Å². The van der Waals surface area contributed by atoms with E-state index in [2.05, 4.69) is 12.2 Å². The van der Waals surface area contributed by atoms with E-state index in [9.17, 15) is 0 Å². The minimum atomic E-state index is 0.186. The molecule has 2 nitrogen and oxygen atoms in total. The molecule has 0 heterocycles. The van der Waals surface area contributed by atoms with Crippen LogP contribution in [0.25, 0.3) is 0 Å². The molecule has 1 aromatic carbocycles. The van der Waals surface area contributed by atoms with Crippen molar-refractivity contribution in [2.45, 2.75) is 19.8 Å². The maximum absolute atomic E-state index is 5.50. The van der Waals surface area contributed by atoms with Crippen LogP contribution < -0.4 is 11.5 Å². The number of nitrogens with two attached hydrogens (primary N) is 2. The molecule has 0 bridgehead atoms. The van der Waals surface area contributed by atoms with Gasteiger partial charge < -0.3 is 11.5 Å². The smallest absolute Gasteiger partial charge is 0.0958 e. The summed E-state index contributed by atoms with van der Waals surface area (Å²) in [5.74, 6) is 0.186. The Balaban J connectivity index is 0.000000366. The SMILES string of the molecule is CC(C(N)=S)c1ccccc1.CC=CC(N)=S. The largest absolute Gasteiger partial charge is 0.393 e. The van der Waals surface area contributed by atoms with Crippen LogP contribution in [0.2, 0.25) is 0 Å². The Labute approximate surface area is 114 Å². The minimum absolute atomic E-state index is 0.186. The van der Waals surface area contributed by atoms with Gasteiger partial charge in [0.2, 0.25) is 0 Å². The summed E-state index contributed by atoms with van der Waals surface area (Å²) in [5, 5.41) is 0. The molecule has 0 saturated carbocycles. The molecule has 1 rings (SSSR count). The van der Waals surface area contributed by atoms with E-state index in [1.165, 1.54) is 5.56 Å². The molecule has 1 atom stereocenters. The lowest BCUT2D eigenvalue weighted by atomic mass is 10.0. The van der Waals surface area contributed by atoms with Crippen LogP contribution in [0.4, 0.5) is 0 Å². The molecule has 0 amide bonds. The van der Waals surface area contributed by atoms with E-state index in [0.717, 1.165) is 0 Å². The zero-order valence-corrected chi connectivity index (χ0v) is 11.7. The second kappa shape index (κ2) is 8.84. The summed E-state index contributed by atoms with van der Waals surface area (Å²) in [6.07, 6.45) is 3.48. The van der Waals surface area contributed by atoms with E-state index in [1.807, 2.05) is 50.3 Å². The molecule has 1 unspecified atom stereocenters. The monoisotopic (exact) mass is 266 g/mol. The van der Waals surface area contributed by atoms with E-state index >= 15 is 0 Å². The normalized spacial score (nSPS) is 11.4. The predicted molar refractivity (Wildman–Crippen MR) is 83.2 cm³/mol. The first-order valence-corrected chi connectivity index (χ1v) is 6.07. The second-order valence-corrected chi connectivity index (χ2v) is 4.38. The maximum atomic E-state index is 5.50. The van der Waals surface area contributed by atoms with Crippen LogP contribution >= 0.6 is 24.4 Å². The third-order valence-electron chi connectivity index (χ3n) is 2.06. The Hall–Kier alpha value is -1.26. The van der Waals surface area contributed by atoms with Crippen LogP contribution in [0.5, 0.6) is 0 Å². The standard InChI is InChI=1S/C9H11NS.C4H7NS/c1-7(9(10)11)8-5-3-2-4-6-8;1-2-3-4(5)6/h2-7H,1H3,(H2,10,11);2-3H,1H3,(H2,5,6).